The minimum absolute atomic E-state index is 0.0183. The van der Waals surface area contributed by atoms with Crippen molar-refractivity contribution < 1.29 is 22.7 Å². The van der Waals surface area contributed by atoms with Gasteiger partial charge in [0.2, 0.25) is 0 Å². The fourth-order valence-electron chi connectivity index (χ4n) is 3.18. The highest BCUT2D eigenvalue weighted by Gasteiger charge is 2.20. The van der Waals surface area contributed by atoms with Crippen LogP contribution in [-0.2, 0) is 10.0 Å². The average molecular weight is 421 g/mol. The van der Waals surface area contributed by atoms with Crippen molar-refractivity contribution in [2.24, 2.45) is 0 Å². The van der Waals surface area contributed by atoms with Crippen molar-refractivity contribution in [3.05, 3.63) is 96.3 Å². The molecule has 4 aromatic carbocycles. The van der Waals surface area contributed by atoms with Gasteiger partial charge in [0, 0.05) is 0 Å². The van der Waals surface area contributed by atoms with Crippen molar-refractivity contribution in [2.45, 2.75) is 4.90 Å². The minimum Gasteiger partial charge on any atom is -0.478 e. The minimum atomic E-state index is -4.04. The van der Waals surface area contributed by atoms with Gasteiger partial charge in [-0.2, -0.15) is 0 Å². The van der Waals surface area contributed by atoms with E-state index in [-0.39, 0.29) is 16.1 Å². The average Bonchev–Trinajstić information content (AvgIpc) is 2.73. The van der Waals surface area contributed by atoms with Gasteiger partial charge in [0.25, 0.3) is 10.0 Å². The Bertz CT molecular complexity index is 1370. The monoisotopic (exact) mass is 421 g/mol. The smallest absolute Gasteiger partial charge is 0.337 e. The van der Waals surface area contributed by atoms with E-state index in [1.165, 1.54) is 48.5 Å². The van der Waals surface area contributed by atoms with Gasteiger partial charge in [-0.25, -0.2) is 17.6 Å². The van der Waals surface area contributed by atoms with Gasteiger partial charge in [-0.3, -0.25) is 4.72 Å². The summed E-state index contributed by atoms with van der Waals surface area (Å²) < 4.78 is 41.5. The normalized spacial score (nSPS) is 11.4. The van der Waals surface area contributed by atoms with Crippen molar-refractivity contribution in [2.75, 3.05) is 4.72 Å². The van der Waals surface area contributed by atoms with E-state index in [0.717, 1.165) is 10.8 Å². The summed E-state index contributed by atoms with van der Waals surface area (Å²) >= 11 is 0. The lowest BCUT2D eigenvalue weighted by Crippen LogP contribution is -2.15. The number of sulfonamides is 1. The molecule has 0 atom stereocenters. The predicted octanol–water partition coefficient (Wildman–Crippen LogP) is 5.14. The number of halogens is 1. The van der Waals surface area contributed by atoms with E-state index in [4.69, 9.17) is 0 Å². The van der Waals surface area contributed by atoms with Gasteiger partial charge in [-0.05, 0) is 58.3 Å². The second kappa shape index (κ2) is 7.61. The van der Waals surface area contributed by atoms with Gasteiger partial charge in [0.1, 0.15) is 5.82 Å². The number of carboxylic acids is 1. The molecule has 0 aromatic heterocycles. The van der Waals surface area contributed by atoms with Gasteiger partial charge >= 0.3 is 5.97 Å². The molecule has 30 heavy (non-hydrogen) atoms. The Morgan fingerprint density at radius 3 is 2.17 bits per heavy atom. The van der Waals surface area contributed by atoms with Gasteiger partial charge < -0.3 is 5.11 Å². The van der Waals surface area contributed by atoms with E-state index < -0.39 is 21.8 Å². The Morgan fingerprint density at radius 2 is 1.47 bits per heavy atom. The molecule has 2 N–H and O–H groups in total. The molecule has 4 aromatic rings. The molecule has 0 bridgehead atoms. The maximum Gasteiger partial charge on any atom is 0.337 e. The standard InChI is InChI=1S/C23H16FNO4S/c24-19-9-5-16(6-10-19)18-8-12-21(23(26)27)22(14-18)25-30(28,29)20-11-7-15-3-1-2-4-17(15)13-20/h1-14,25H,(H,26,27). The third-order valence-electron chi connectivity index (χ3n) is 4.70. The van der Waals surface area contributed by atoms with Crippen LogP contribution in [0, 0.1) is 5.82 Å². The first-order valence-corrected chi connectivity index (χ1v) is 10.5. The van der Waals surface area contributed by atoms with Crippen molar-refractivity contribution in [3.8, 4) is 11.1 Å². The lowest BCUT2D eigenvalue weighted by Gasteiger charge is -2.13. The number of fused-ring (bicyclic) bond motifs is 1. The van der Waals surface area contributed by atoms with E-state index in [0.29, 0.717) is 11.1 Å². The fourth-order valence-corrected chi connectivity index (χ4v) is 4.28. The number of carbonyl (C=O) groups is 1. The van der Waals surface area contributed by atoms with Crippen LogP contribution in [0.2, 0.25) is 0 Å². The third kappa shape index (κ3) is 3.88. The molecule has 0 saturated heterocycles. The molecule has 0 heterocycles. The van der Waals surface area contributed by atoms with Crippen LogP contribution in [0.15, 0.2) is 89.8 Å². The Hall–Kier alpha value is -3.71. The van der Waals surface area contributed by atoms with E-state index in [2.05, 4.69) is 4.72 Å². The van der Waals surface area contributed by atoms with Crippen LogP contribution in [0.5, 0.6) is 0 Å². The largest absolute Gasteiger partial charge is 0.478 e. The molecule has 0 aliphatic heterocycles. The highest BCUT2D eigenvalue weighted by atomic mass is 32.2. The number of nitrogens with one attached hydrogen (secondary N) is 1. The van der Waals surface area contributed by atoms with Gasteiger partial charge in [-0.15, -0.1) is 0 Å². The molecule has 0 fully saturated rings. The zero-order valence-electron chi connectivity index (χ0n) is 15.5. The number of rotatable bonds is 5. The van der Waals surface area contributed by atoms with Crippen molar-refractivity contribution in [3.63, 3.8) is 0 Å². The molecule has 0 radical (unpaired) electrons. The topological polar surface area (TPSA) is 83.5 Å². The third-order valence-corrected chi connectivity index (χ3v) is 6.07. The summed E-state index contributed by atoms with van der Waals surface area (Å²) in [5.41, 5.74) is 0.915. The summed E-state index contributed by atoms with van der Waals surface area (Å²) in [5.74, 6) is -1.67. The summed E-state index contributed by atoms with van der Waals surface area (Å²) in [6, 6.07) is 21.9. The van der Waals surface area contributed by atoms with E-state index in [9.17, 15) is 22.7 Å². The second-order valence-corrected chi connectivity index (χ2v) is 8.37. The highest BCUT2D eigenvalue weighted by Crippen LogP contribution is 2.29. The Kier molecular flexibility index (Phi) is 4.97. The molecule has 150 valence electrons. The number of benzene rings is 4. The fraction of sp³-hybridized carbons (Fsp3) is 0. The van der Waals surface area contributed by atoms with Crippen molar-refractivity contribution in [1.29, 1.82) is 0 Å². The maximum absolute atomic E-state index is 13.2. The molecule has 0 unspecified atom stereocenters. The quantitative estimate of drug-likeness (QED) is 0.467. The van der Waals surface area contributed by atoms with Gasteiger partial charge in [-0.1, -0.05) is 48.5 Å². The van der Waals surface area contributed by atoms with Crippen LogP contribution >= 0.6 is 0 Å². The molecule has 0 spiro atoms. The Balaban J connectivity index is 1.76. The second-order valence-electron chi connectivity index (χ2n) is 6.69. The molecule has 0 aliphatic carbocycles. The molecule has 0 amide bonds. The van der Waals surface area contributed by atoms with Gasteiger partial charge in [0.05, 0.1) is 16.1 Å². The maximum atomic E-state index is 13.2. The van der Waals surface area contributed by atoms with Crippen LogP contribution in [0.1, 0.15) is 10.4 Å². The number of carboxylic acid groups (broad SMARTS) is 1. The lowest BCUT2D eigenvalue weighted by atomic mass is 10.0. The predicted molar refractivity (Wildman–Crippen MR) is 114 cm³/mol. The van der Waals surface area contributed by atoms with Gasteiger partial charge in [0.15, 0.2) is 0 Å². The van der Waals surface area contributed by atoms with E-state index >= 15 is 0 Å². The van der Waals surface area contributed by atoms with Crippen LogP contribution < -0.4 is 4.72 Å². The summed E-state index contributed by atoms with van der Waals surface area (Å²) in [6.07, 6.45) is 0. The number of aromatic carboxylic acids is 1. The number of anilines is 1. The summed E-state index contributed by atoms with van der Waals surface area (Å²) in [4.78, 5) is 11.6. The SMILES string of the molecule is O=C(O)c1ccc(-c2ccc(F)cc2)cc1NS(=O)(=O)c1ccc2ccccc2c1. The van der Waals surface area contributed by atoms with Crippen LogP contribution in [-0.4, -0.2) is 19.5 Å². The van der Waals surface area contributed by atoms with Crippen molar-refractivity contribution in [1.82, 2.24) is 0 Å². The summed E-state index contributed by atoms with van der Waals surface area (Å²) in [6.45, 7) is 0. The molecule has 0 saturated carbocycles. The highest BCUT2D eigenvalue weighted by molar-refractivity contribution is 7.92. The molecule has 4 rings (SSSR count). The summed E-state index contributed by atoms with van der Waals surface area (Å²) in [5, 5.41) is 11.1. The summed E-state index contributed by atoms with van der Waals surface area (Å²) in [7, 11) is -4.04. The van der Waals surface area contributed by atoms with E-state index in [1.807, 2.05) is 12.1 Å². The molecule has 0 aliphatic rings. The first kappa shape index (κ1) is 19.6. The van der Waals surface area contributed by atoms with Crippen LogP contribution in [0.4, 0.5) is 10.1 Å². The van der Waals surface area contributed by atoms with Crippen LogP contribution in [0.3, 0.4) is 0 Å². The zero-order chi connectivity index (χ0) is 21.3. The van der Waals surface area contributed by atoms with Crippen molar-refractivity contribution >= 4 is 32.5 Å². The molecule has 5 nitrogen and oxygen atoms in total. The molecular formula is C23H16FNO4S. The number of hydrogen-bond acceptors (Lipinski definition) is 3. The number of hydrogen-bond donors (Lipinski definition) is 2. The van der Waals surface area contributed by atoms with Crippen LogP contribution in [0.25, 0.3) is 21.9 Å². The van der Waals surface area contributed by atoms with E-state index in [1.54, 1.807) is 24.3 Å². The zero-order valence-corrected chi connectivity index (χ0v) is 16.4. The first-order valence-electron chi connectivity index (χ1n) is 8.98. The Labute approximate surface area is 172 Å². The molecule has 7 heteroatoms. The first-order chi connectivity index (χ1) is 14.3. The molecular weight excluding hydrogens is 405 g/mol. The Morgan fingerprint density at radius 1 is 0.800 bits per heavy atom. The lowest BCUT2D eigenvalue weighted by molar-refractivity contribution is 0.0698.